The van der Waals surface area contributed by atoms with Crippen molar-refractivity contribution in [3.8, 4) is 5.75 Å². The van der Waals surface area contributed by atoms with Crippen molar-refractivity contribution < 1.29 is 10.0 Å². The molecule has 1 fully saturated rings. The summed E-state index contributed by atoms with van der Waals surface area (Å²) in [5, 5.41) is 25.2. The van der Waals surface area contributed by atoms with E-state index in [1.54, 1.807) is 13.0 Å². The molecule has 6 nitrogen and oxygen atoms in total. The van der Waals surface area contributed by atoms with E-state index in [1.807, 2.05) is 0 Å². The number of nitrogens with zero attached hydrogens (tertiary/aromatic N) is 2. The number of hydrogen-bond donors (Lipinski definition) is 2. The summed E-state index contributed by atoms with van der Waals surface area (Å²) in [6.07, 6.45) is 0.790. The maximum Gasteiger partial charge on any atom is 0.277 e. The van der Waals surface area contributed by atoms with Gasteiger partial charge in [0, 0.05) is 38.3 Å². The second-order valence-corrected chi connectivity index (χ2v) is 6.35. The highest BCUT2D eigenvalue weighted by Gasteiger charge is 2.32. The Morgan fingerprint density at radius 3 is 2.55 bits per heavy atom. The first-order valence-corrected chi connectivity index (χ1v) is 7.83. The van der Waals surface area contributed by atoms with Crippen LogP contribution in [0.15, 0.2) is 12.1 Å². The second kappa shape index (κ2) is 7.07. The van der Waals surface area contributed by atoms with Crippen molar-refractivity contribution in [2.75, 3.05) is 26.2 Å². The Kier molecular flexibility index (Phi) is 5.37. The van der Waals surface area contributed by atoms with Crippen molar-refractivity contribution in [3.05, 3.63) is 33.4 Å². The monoisotopic (exact) mass is 307 g/mol. The zero-order valence-corrected chi connectivity index (χ0v) is 13.5. The summed E-state index contributed by atoms with van der Waals surface area (Å²) >= 11 is 0. The Balaban J connectivity index is 2.49. The molecule has 0 amide bonds. The average molecular weight is 307 g/mol. The van der Waals surface area contributed by atoms with Gasteiger partial charge in [-0.1, -0.05) is 13.8 Å². The molecule has 1 aliphatic heterocycles. The van der Waals surface area contributed by atoms with Gasteiger partial charge in [0.1, 0.15) is 5.75 Å². The number of benzene rings is 1. The predicted octanol–water partition coefficient (Wildman–Crippen LogP) is 2.60. The first kappa shape index (κ1) is 16.7. The van der Waals surface area contributed by atoms with E-state index in [-0.39, 0.29) is 22.4 Å². The van der Waals surface area contributed by atoms with Gasteiger partial charge in [0.05, 0.1) is 10.5 Å². The predicted molar refractivity (Wildman–Crippen MR) is 86.1 cm³/mol. The third-order valence-electron chi connectivity index (χ3n) is 4.21. The van der Waals surface area contributed by atoms with E-state index in [0.29, 0.717) is 17.0 Å². The van der Waals surface area contributed by atoms with Crippen LogP contribution < -0.4 is 5.32 Å². The van der Waals surface area contributed by atoms with Crippen molar-refractivity contribution in [2.45, 2.75) is 33.2 Å². The molecule has 1 aromatic rings. The number of nitro benzene ring substituents is 1. The van der Waals surface area contributed by atoms with E-state index in [2.05, 4.69) is 24.1 Å². The molecular weight excluding hydrogens is 282 g/mol. The lowest BCUT2D eigenvalue weighted by Gasteiger charge is -2.36. The van der Waals surface area contributed by atoms with Gasteiger partial charge in [-0.2, -0.15) is 0 Å². The summed E-state index contributed by atoms with van der Waals surface area (Å²) in [5.74, 6) is 0.456. The number of nitro groups is 1. The van der Waals surface area contributed by atoms with Crippen molar-refractivity contribution >= 4 is 5.69 Å². The quantitative estimate of drug-likeness (QED) is 0.646. The number of aromatic hydroxyl groups is 1. The molecular formula is C16H25N3O3. The minimum Gasteiger partial charge on any atom is -0.507 e. The summed E-state index contributed by atoms with van der Waals surface area (Å²) in [4.78, 5) is 13.3. The summed E-state index contributed by atoms with van der Waals surface area (Å²) in [6.45, 7) is 9.41. The maximum atomic E-state index is 11.4. The van der Waals surface area contributed by atoms with Crippen LogP contribution in [0.5, 0.6) is 5.75 Å². The highest BCUT2D eigenvalue weighted by atomic mass is 16.6. The van der Waals surface area contributed by atoms with Gasteiger partial charge in [-0.05, 0) is 30.9 Å². The molecule has 0 unspecified atom stereocenters. The Hall–Kier alpha value is -1.66. The molecule has 1 aromatic carbocycles. The van der Waals surface area contributed by atoms with Crippen LogP contribution in [0.4, 0.5) is 5.69 Å². The molecule has 0 spiro atoms. The van der Waals surface area contributed by atoms with E-state index < -0.39 is 0 Å². The van der Waals surface area contributed by atoms with Gasteiger partial charge in [-0.15, -0.1) is 0 Å². The van der Waals surface area contributed by atoms with Gasteiger partial charge in [0.15, 0.2) is 0 Å². The summed E-state index contributed by atoms with van der Waals surface area (Å²) in [7, 11) is 0. The van der Waals surface area contributed by atoms with Crippen LogP contribution in [-0.4, -0.2) is 41.1 Å². The van der Waals surface area contributed by atoms with Crippen molar-refractivity contribution in [2.24, 2.45) is 5.92 Å². The number of rotatable bonds is 5. The fourth-order valence-corrected chi connectivity index (χ4v) is 3.08. The number of nitrogens with one attached hydrogen (secondary N) is 1. The number of phenolic OH excluding ortho intramolecular Hbond substituents is 1. The number of aryl methyl sites for hydroxylation is 1. The van der Waals surface area contributed by atoms with Crippen LogP contribution >= 0.6 is 0 Å². The summed E-state index contributed by atoms with van der Waals surface area (Å²) < 4.78 is 0. The van der Waals surface area contributed by atoms with E-state index in [4.69, 9.17) is 0 Å². The number of piperazine rings is 1. The fourth-order valence-electron chi connectivity index (χ4n) is 3.08. The van der Waals surface area contributed by atoms with E-state index >= 15 is 0 Å². The van der Waals surface area contributed by atoms with Crippen LogP contribution in [0.25, 0.3) is 0 Å². The summed E-state index contributed by atoms with van der Waals surface area (Å²) in [5.41, 5.74) is 1.18. The molecule has 2 N–H and O–H groups in total. The lowest BCUT2D eigenvalue weighted by molar-refractivity contribution is -0.386. The molecule has 0 aromatic heterocycles. The normalized spacial score (nSPS) is 17.6. The molecule has 0 saturated carbocycles. The van der Waals surface area contributed by atoms with Crippen LogP contribution in [-0.2, 0) is 0 Å². The van der Waals surface area contributed by atoms with E-state index in [0.717, 1.165) is 32.6 Å². The zero-order chi connectivity index (χ0) is 16.3. The average Bonchev–Trinajstić information content (AvgIpc) is 2.48. The molecule has 0 aliphatic carbocycles. The van der Waals surface area contributed by atoms with Crippen LogP contribution in [0.1, 0.15) is 37.4 Å². The lowest BCUT2D eigenvalue weighted by Crippen LogP contribution is -2.45. The molecule has 2 rings (SSSR count). The van der Waals surface area contributed by atoms with Crippen LogP contribution in [0.2, 0.25) is 0 Å². The van der Waals surface area contributed by atoms with Crippen LogP contribution in [0, 0.1) is 23.0 Å². The lowest BCUT2D eigenvalue weighted by atomic mass is 9.91. The maximum absolute atomic E-state index is 11.4. The molecule has 1 aliphatic rings. The fraction of sp³-hybridized carbons (Fsp3) is 0.625. The van der Waals surface area contributed by atoms with Gasteiger partial charge < -0.3 is 10.4 Å². The molecule has 22 heavy (non-hydrogen) atoms. The van der Waals surface area contributed by atoms with Gasteiger partial charge in [0.2, 0.25) is 0 Å². The smallest absolute Gasteiger partial charge is 0.277 e. The molecule has 6 heteroatoms. The minimum atomic E-state index is -0.385. The molecule has 1 heterocycles. The molecule has 1 atom stereocenters. The van der Waals surface area contributed by atoms with Gasteiger partial charge in [0.25, 0.3) is 5.69 Å². The Labute approximate surface area is 131 Å². The van der Waals surface area contributed by atoms with Crippen molar-refractivity contribution in [3.63, 3.8) is 0 Å². The van der Waals surface area contributed by atoms with Gasteiger partial charge in [-0.3, -0.25) is 15.0 Å². The third kappa shape index (κ3) is 3.56. The van der Waals surface area contributed by atoms with E-state index in [1.165, 1.54) is 6.07 Å². The Morgan fingerprint density at radius 1 is 1.36 bits per heavy atom. The second-order valence-electron chi connectivity index (χ2n) is 6.35. The third-order valence-corrected chi connectivity index (χ3v) is 4.21. The highest BCUT2D eigenvalue weighted by molar-refractivity contribution is 5.54. The minimum absolute atomic E-state index is 0.0206. The largest absolute Gasteiger partial charge is 0.507 e. The Bertz CT molecular complexity index is 540. The van der Waals surface area contributed by atoms with Crippen molar-refractivity contribution in [1.82, 2.24) is 10.2 Å². The molecule has 122 valence electrons. The van der Waals surface area contributed by atoms with Gasteiger partial charge >= 0.3 is 0 Å². The first-order valence-electron chi connectivity index (χ1n) is 7.83. The highest BCUT2D eigenvalue weighted by Crippen LogP contribution is 2.41. The standard InChI is InChI=1S/C16H25N3O3/c1-11(2)10-14(18-8-6-17-7-9-18)15-13(19(21)22)5-4-12(3)16(15)20/h4-5,11,14,17,20H,6-10H2,1-3H3/t14-/m1/s1. The van der Waals surface area contributed by atoms with E-state index in [9.17, 15) is 15.2 Å². The molecule has 0 radical (unpaired) electrons. The molecule has 0 bridgehead atoms. The van der Waals surface area contributed by atoms with Crippen LogP contribution in [0.3, 0.4) is 0 Å². The first-order chi connectivity index (χ1) is 10.4. The van der Waals surface area contributed by atoms with Gasteiger partial charge in [-0.25, -0.2) is 0 Å². The zero-order valence-electron chi connectivity index (χ0n) is 13.5. The Morgan fingerprint density at radius 2 is 2.00 bits per heavy atom. The number of phenols is 1. The summed E-state index contributed by atoms with van der Waals surface area (Å²) in [6, 6.07) is 3.00. The topological polar surface area (TPSA) is 78.6 Å². The van der Waals surface area contributed by atoms with Crippen molar-refractivity contribution in [1.29, 1.82) is 0 Å². The number of hydrogen-bond acceptors (Lipinski definition) is 5. The SMILES string of the molecule is Cc1ccc([N+](=O)[O-])c([C@@H](CC(C)C)N2CCNCC2)c1O. The molecule has 1 saturated heterocycles.